The first-order chi connectivity index (χ1) is 12.5. The number of hydrogen-bond acceptors (Lipinski definition) is 3. The van der Waals surface area contributed by atoms with Crippen LogP contribution in [0.5, 0.6) is 0 Å². The largest absolute Gasteiger partial charge is 0.346 e. The van der Waals surface area contributed by atoms with E-state index in [0.29, 0.717) is 6.04 Å². The third-order valence-electron chi connectivity index (χ3n) is 5.81. The van der Waals surface area contributed by atoms with Gasteiger partial charge in [-0.1, -0.05) is 19.3 Å². The van der Waals surface area contributed by atoms with E-state index in [0.717, 1.165) is 49.1 Å². The minimum Gasteiger partial charge on any atom is -0.346 e. The molecule has 1 aromatic heterocycles. The number of aryl methyl sites for hydroxylation is 1. The smallest absolute Gasteiger partial charge is 0.331 e. The van der Waals surface area contributed by atoms with Crippen molar-refractivity contribution >= 4 is 23.9 Å². The Labute approximate surface area is 153 Å². The summed E-state index contributed by atoms with van der Waals surface area (Å²) in [6, 6.07) is 1.88. The van der Waals surface area contributed by atoms with Gasteiger partial charge < -0.3 is 4.57 Å². The molecule has 4 amide bonds. The Bertz CT molecular complexity index is 811. The van der Waals surface area contributed by atoms with E-state index >= 15 is 0 Å². The van der Waals surface area contributed by atoms with Gasteiger partial charge >= 0.3 is 6.03 Å². The number of rotatable bonds is 3. The van der Waals surface area contributed by atoms with Gasteiger partial charge in [-0.25, -0.2) is 4.79 Å². The molecular weight excluding hydrogens is 330 g/mol. The maximum absolute atomic E-state index is 13.0. The van der Waals surface area contributed by atoms with Gasteiger partial charge in [-0.3, -0.25) is 19.8 Å². The van der Waals surface area contributed by atoms with Crippen LogP contribution in [0.4, 0.5) is 4.79 Å². The fourth-order valence-electron chi connectivity index (χ4n) is 4.34. The highest BCUT2D eigenvalue weighted by Gasteiger charge is 2.40. The summed E-state index contributed by atoms with van der Waals surface area (Å²) in [4.78, 5) is 38.9. The molecule has 6 heteroatoms. The molecular formula is C20H25N3O3. The van der Waals surface area contributed by atoms with Crippen molar-refractivity contribution in [1.29, 1.82) is 0 Å². The van der Waals surface area contributed by atoms with Crippen LogP contribution < -0.4 is 5.32 Å². The molecule has 2 aliphatic carbocycles. The van der Waals surface area contributed by atoms with Crippen LogP contribution in [-0.2, 0) is 9.59 Å². The number of barbiturate groups is 1. The lowest BCUT2D eigenvalue weighted by Crippen LogP contribution is -2.58. The normalized spacial score (nSPS) is 23.7. The molecule has 1 aromatic rings. The van der Waals surface area contributed by atoms with E-state index < -0.39 is 17.8 Å². The quantitative estimate of drug-likeness (QED) is 0.668. The van der Waals surface area contributed by atoms with Crippen LogP contribution in [-0.4, -0.2) is 33.4 Å². The molecule has 4 rings (SSSR count). The average Bonchev–Trinajstić information content (AvgIpc) is 3.39. The van der Waals surface area contributed by atoms with Crippen LogP contribution in [0.1, 0.15) is 67.9 Å². The summed E-state index contributed by atoms with van der Waals surface area (Å²) in [5.41, 5.74) is 3.15. The predicted molar refractivity (Wildman–Crippen MR) is 97.4 cm³/mol. The number of amides is 4. The number of imide groups is 2. The molecule has 3 fully saturated rings. The summed E-state index contributed by atoms with van der Waals surface area (Å²) >= 11 is 0. The molecule has 1 aliphatic heterocycles. The Hall–Kier alpha value is -2.37. The maximum Gasteiger partial charge on any atom is 0.331 e. The van der Waals surface area contributed by atoms with Crippen molar-refractivity contribution in [2.24, 2.45) is 0 Å². The van der Waals surface area contributed by atoms with E-state index in [-0.39, 0.29) is 11.6 Å². The molecule has 0 atom stereocenters. The molecule has 0 unspecified atom stereocenters. The molecule has 2 saturated carbocycles. The fraction of sp³-hybridized carbons (Fsp3) is 0.550. The number of carbonyl (C=O) groups is 3. The van der Waals surface area contributed by atoms with E-state index in [1.165, 1.54) is 17.7 Å². The fourth-order valence-corrected chi connectivity index (χ4v) is 4.34. The van der Waals surface area contributed by atoms with Crippen molar-refractivity contribution in [3.05, 3.63) is 28.6 Å². The number of nitrogens with zero attached hydrogens (tertiary/aromatic N) is 2. The van der Waals surface area contributed by atoms with Gasteiger partial charge in [0.1, 0.15) is 5.57 Å². The average molecular weight is 355 g/mol. The molecule has 0 spiro atoms. The topological polar surface area (TPSA) is 71.4 Å². The van der Waals surface area contributed by atoms with E-state index in [9.17, 15) is 14.4 Å². The molecule has 1 N–H and O–H groups in total. The van der Waals surface area contributed by atoms with Gasteiger partial charge in [0.25, 0.3) is 11.8 Å². The van der Waals surface area contributed by atoms with Gasteiger partial charge in [-0.15, -0.1) is 0 Å². The van der Waals surface area contributed by atoms with E-state index in [2.05, 4.69) is 9.88 Å². The molecule has 0 bridgehead atoms. The molecule has 6 nitrogen and oxygen atoms in total. The zero-order chi connectivity index (χ0) is 18.4. The van der Waals surface area contributed by atoms with E-state index in [4.69, 9.17) is 0 Å². The predicted octanol–water partition coefficient (Wildman–Crippen LogP) is 3.23. The van der Waals surface area contributed by atoms with Crippen molar-refractivity contribution < 1.29 is 14.4 Å². The number of urea groups is 1. The number of carbonyl (C=O) groups excluding carboxylic acids is 3. The van der Waals surface area contributed by atoms with Crippen LogP contribution in [0, 0.1) is 13.8 Å². The van der Waals surface area contributed by atoms with Gasteiger partial charge in [-0.05, 0) is 57.2 Å². The van der Waals surface area contributed by atoms with Crippen LogP contribution in [0.25, 0.3) is 6.08 Å². The summed E-state index contributed by atoms with van der Waals surface area (Å²) in [5, 5.41) is 2.36. The van der Waals surface area contributed by atoms with Gasteiger partial charge in [0, 0.05) is 23.5 Å². The second-order valence-electron chi connectivity index (χ2n) is 7.71. The molecule has 138 valence electrons. The first kappa shape index (κ1) is 17.1. The van der Waals surface area contributed by atoms with Crippen molar-refractivity contribution in [1.82, 2.24) is 14.8 Å². The van der Waals surface area contributed by atoms with Gasteiger partial charge in [0.05, 0.1) is 0 Å². The number of hydrogen-bond donors (Lipinski definition) is 1. The highest BCUT2D eigenvalue weighted by atomic mass is 16.2. The molecule has 3 aliphatic rings. The number of nitrogens with one attached hydrogen (secondary N) is 1. The summed E-state index contributed by atoms with van der Waals surface area (Å²) in [7, 11) is 0. The zero-order valence-corrected chi connectivity index (χ0v) is 15.4. The second-order valence-corrected chi connectivity index (χ2v) is 7.71. The maximum atomic E-state index is 13.0. The van der Waals surface area contributed by atoms with Crippen molar-refractivity contribution in [3.8, 4) is 0 Å². The third kappa shape index (κ3) is 2.87. The molecule has 26 heavy (non-hydrogen) atoms. The molecule has 2 heterocycles. The van der Waals surface area contributed by atoms with Crippen LogP contribution in [0.2, 0.25) is 0 Å². The first-order valence-corrected chi connectivity index (χ1v) is 9.56. The zero-order valence-electron chi connectivity index (χ0n) is 15.4. The van der Waals surface area contributed by atoms with E-state index in [1.807, 2.05) is 19.9 Å². The van der Waals surface area contributed by atoms with E-state index in [1.54, 1.807) is 6.08 Å². The van der Waals surface area contributed by atoms with Crippen molar-refractivity contribution in [3.63, 3.8) is 0 Å². The lowest BCUT2D eigenvalue weighted by atomic mass is 9.93. The SMILES string of the molecule is Cc1cc(C=C2C(=O)NC(=O)N(C3CCCCC3)C2=O)c(C)n1C1CC1. The minimum absolute atomic E-state index is 0.0613. The van der Waals surface area contributed by atoms with Crippen molar-refractivity contribution in [2.75, 3.05) is 0 Å². The summed E-state index contributed by atoms with van der Waals surface area (Å²) in [5.74, 6) is -1.05. The Morgan fingerprint density at radius 2 is 1.69 bits per heavy atom. The summed E-state index contributed by atoms with van der Waals surface area (Å²) in [6.45, 7) is 4.07. The number of aromatic nitrogens is 1. The Kier molecular flexibility index (Phi) is 4.21. The Balaban J connectivity index is 1.67. The lowest BCUT2D eigenvalue weighted by Gasteiger charge is -2.35. The van der Waals surface area contributed by atoms with Gasteiger partial charge in [0.2, 0.25) is 0 Å². The first-order valence-electron chi connectivity index (χ1n) is 9.56. The summed E-state index contributed by atoms with van der Waals surface area (Å²) < 4.78 is 2.28. The van der Waals surface area contributed by atoms with Gasteiger partial charge in [0.15, 0.2) is 0 Å². The highest BCUT2D eigenvalue weighted by Crippen LogP contribution is 2.39. The van der Waals surface area contributed by atoms with Gasteiger partial charge in [-0.2, -0.15) is 0 Å². The molecule has 1 saturated heterocycles. The van der Waals surface area contributed by atoms with Crippen LogP contribution >= 0.6 is 0 Å². The minimum atomic E-state index is -0.594. The molecule has 0 radical (unpaired) electrons. The standard InChI is InChI=1S/C20H25N3O3/c1-12-10-14(13(2)22(12)16-8-9-16)11-17-18(24)21-20(26)23(19(17)25)15-6-4-3-5-7-15/h10-11,15-16H,3-9H2,1-2H3,(H,21,24,26). The Morgan fingerprint density at radius 1 is 1.00 bits per heavy atom. The Morgan fingerprint density at radius 3 is 2.35 bits per heavy atom. The summed E-state index contributed by atoms with van der Waals surface area (Å²) in [6.07, 6.45) is 8.80. The van der Waals surface area contributed by atoms with Crippen LogP contribution in [0.3, 0.4) is 0 Å². The van der Waals surface area contributed by atoms with Crippen molar-refractivity contribution in [2.45, 2.75) is 70.9 Å². The highest BCUT2D eigenvalue weighted by molar-refractivity contribution is 6.31. The second kappa shape index (κ2) is 6.41. The lowest BCUT2D eigenvalue weighted by molar-refractivity contribution is -0.132. The molecule has 0 aromatic carbocycles. The third-order valence-corrected chi connectivity index (χ3v) is 5.81. The van der Waals surface area contributed by atoms with Crippen LogP contribution in [0.15, 0.2) is 11.6 Å². The monoisotopic (exact) mass is 355 g/mol.